The predicted octanol–water partition coefficient (Wildman–Crippen LogP) is 1.98. The second-order valence-corrected chi connectivity index (χ2v) is 7.19. The van der Waals surface area contributed by atoms with Crippen LogP contribution in [0.15, 0.2) is 18.5 Å². The van der Waals surface area contributed by atoms with E-state index in [1.165, 1.54) is 23.4 Å². The number of amides is 1. The number of nitrogens with zero attached hydrogens (tertiary/aromatic N) is 5. The van der Waals surface area contributed by atoms with Crippen molar-refractivity contribution in [3.05, 3.63) is 45.4 Å². The van der Waals surface area contributed by atoms with Gasteiger partial charge >= 0.3 is 11.7 Å². The first-order valence-corrected chi connectivity index (χ1v) is 9.65. The number of aromatic amines is 1. The molecular formula is C19H24N6O5. The number of piperidine rings is 1. The lowest BCUT2D eigenvalue weighted by Crippen LogP contribution is -2.36. The summed E-state index contributed by atoms with van der Waals surface area (Å²) >= 11 is 0. The van der Waals surface area contributed by atoms with Crippen LogP contribution in [0.2, 0.25) is 0 Å². The monoisotopic (exact) mass is 416 g/mol. The molecule has 1 fully saturated rings. The Morgan fingerprint density at radius 3 is 2.83 bits per heavy atom. The van der Waals surface area contributed by atoms with E-state index in [-0.39, 0.29) is 35.5 Å². The molecule has 30 heavy (non-hydrogen) atoms. The molecule has 1 aliphatic rings. The summed E-state index contributed by atoms with van der Waals surface area (Å²) < 4.78 is 4.96. The number of pyridine rings is 1. The van der Waals surface area contributed by atoms with E-state index in [9.17, 15) is 19.7 Å². The highest BCUT2D eigenvalue weighted by Gasteiger charge is 2.34. The largest absolute Gasteiger partial charge is 0.462 e. The minimum atomic E-state index is -0.756. The van der Waals surface area contributed by atoms with E-state index in [4.69, 9.17) is 4.74 Å². The van der Waals surface area contributed by atoms with Crippen LogP contribution in [0.25, 0.3) is 0 Å². The van der Waals surface area contributed by atoms with Gasteiger partial charge < -0.3 is 14.5 Å². The highest BCUT2D eigenvalue weighted by molar-refractivity contribution is 5.96. The van der Waals surface area contributed by atoms with E-state index in [1.807, 2.05) is 0 Å². The number of nitro groups is 1. The van der Waals surface area contributed by atoms with Gasteiger partial charge in [-0.1, -0.05) is 0 Å². The van der Waals surface area contributed by atoms with Crippen LogP contribution in [0, 0.1) is 10.1 Å². The van der Waals surface area contributed by atoms with E-state index < -0.39 is 10.9 Å². The number of anilines is 1. The minimum Gasteiger partial charge on any atom is -0.462 e. The Kier molecular flexibility index (Phi) is 6.28. The third-order valence-corrected chi connectivity index (χ3v) is 5.02. The summed E-state index contributed by atoms with van der Waals surface area (Å²) in [5, 5.41) is 18.7. The van der Waals surface area contributed by atoms with Crippen molar-refractivity contribution in [1.29, 1.82) is 0 Å². The van der Waals surface area contributed by atoms with Crippen molar-refractivity contribution in [2.45, 2.75) is 25.7 Å². The first-order chi connectivity index (χ1) is 14.3. The molecule has 3 rings (SSSR count). The summed E-state index contributed by atoms with van der Waals surface area (Å²) in [6, 6.07) is 1.30. The minimum absolute atomic E-state index is 0.0900. The maximum absolute atomic E-state index is 12.4. The number of carbonyl (C=O) groups is 2. The molecule has 11 nitrogen and oxygen atoms in total. The van der Waals surface area contributed by atoms with E-state index in [2.05, 4.69) is 15.2 Å². The van der Waals surface area contributed by atoms with Gasteiger partial charge in [-0.05, 0) is 25.8 Å². The Labute approximate surface area is 173 Å². The van der Waals surface area contributed by atoms with Crippen molar-refractivity contribution in [2.24, 2.45) is 0 Å². The number of hydrogen-bond acceptors (Lipinski definition) is 8. The SMILES string of the molecule is CCOC(=O)c1ccnc(N2CCC[C@@H](c3[nH]ncc3C(=O)N(C)C)C2)c1[N+](=O)[O-]. The fraction of sp³-hybridized carbons (Fsp3) is 0.474. The molecule has 1 amide bonds. The van der Waals surface area contributed by atoms with Crippen LogP contribution < -0.4 is 4.90 Å². The fourth-order valence-corrected chi connectivity index (χ4v) is 3.65. The molecule has 2 aromatic heterocycles. The van der Waals surface area contributed by atoms with Crippen LogP contribution in [0.3, 0.4) is 0 Å². The molecule has 1 saturated heterocycles. The molecule has 11 heteroatoms. The van der Waals surface area contributed by atoms with Gasteiger partial charge in [0.05, 0.1) is 29.0 Å². The molecule has 0 radical (unpaired) electrons. The molecule has 0 aliphatic carbocycles. The van der Waals surface area contributed by atoms with E-state index >= 15 is 0 Å². The molecule has 0 bridgehead atoms. The average molecular weight is 416 g/mol. The standard InChI is InChI=1S/C19H24N6O5/c1-4-30-19(27)13-7-8-20-17(16(13)25(28)29)24-9-5-6-12(11-24)15-14(10-21-22-15)18(26)23(2)3/h7-8,10,12H,4-6,9,11H2,1-3H3,(H,21,22)/t12-/m1/s1. The molecule has 1 aliphatic heterocycles. The summed E-state index contributed by atoms with van der Waals surface area (Å²) in [4.78, 5) is 43.3. The Balaban J connectivity index is 1.94. The van der Waals surface area contributed by atoms with Crippen molar-refractivity contribution in [3.8, 4) is 0 Å². The lowest BCUT2D eigenvalue weighted by molar-refractivity contribution is -0.384. The van der Waals surface area contributed by atoms with Gasteiger partial charge in [-0.15, -0.1) is 0 Å². The Bertz CT molecular complexity index is 957. The zero-order chi connectivity index (χ0) is 21.8. The van der Waals surface area contributed by atoms with Gasteiger partial charge in [0, 0.05) is 39.3 Å². The van der Waals surface area contributed by atoms with Crippen LogP contribution in [0.4, 0.5) is 11.5 Å². The Hall–Kier alpha value is -3.50. The van der Waals surface area contributed by atoms with Crippen molar-refractivity contribution < 1.29 is 19.2 Å². The van der Waals surface area contributed by atoms with Crippen molar-refractivity contribution >= 4 is 23.4 Å². The van der Waals surface area contributed by atoms with Gasteiger partial charge in [0.15, 0.2) is 0 Å². The van der Waals surface area contributed by atoms with Crippen molar-refractivity contribution in [2.75, 3.05) is 38.7 Å². The maximum Gasteiger partial charge on any atom is 0.345 e. The van der Waals surface area contributed by atoms with E-state index in [0.717, 1.165) is 12.8 Å². The third-order valence-electron chi connectivity index (χ3n) is 5.02. The van der Waals surface area contributed by atoms with Gasteiger partial charge in [-0.3, -0.25) is 20.0 Å². The molecule has 3 heterocycles. The number of nitrogens with one attached hydrogen (secondary N) is 1. The Morgan fingerprint density at radius 1 is 1.40 bits per heavy atom. The first kappa shape index (κ1) is 21.2. The van der Waals surface area contributed by atoms with Crippen LogP contribution in [0.5, 0.6) is 0 Å². The number of H-pyrrole nitrogens is 1. The highest BCUT2D eigenvalue weighted by atomic mass is 16.6. The number of esters is 1. The van der Waals surface area contributed by atoms with Crippen molar-refractivity contribution in [3.63, 3.8) is 0 Å². The van der Waals surface area contributed by atoms with Crippen LogP contribution in [-0.2, 0) is 4.74 Å². The molecule has 0 unspecified atom stereocenters. The summed E-state index contributed by atoms with van der Waals surface area (Å²) in [6.45, 7) is 2.69. The third kappa shape index (κ3) is 4.09. The van der Waals surface area contributed by atoms with Crippen molar-refractivity contribution in [1.82, 2.24) is 20.1 Å². The predicted molar refractivity (Wildman–Crippen MR) is 108 cm³/mol. The number of hydrogen-bond donors (Lipinski definition) is 1. The fourth-order valence-electron chi connectivity index (χ4n) is 3.65. The summed E-state index contributed by atoms with van der Waals surface area (Å²) in [6.07, 6.45) is 4.40. The van der Waals surface area contributed by atoms with Gasteiger partial charge in [0.1, 0.15) is 5.56 Å². The summed E-state index contributed by atoms with van der Waals surface area (Å²) in [7, 11) is 3.33. The maximum atomic E-state index is 12.4. The van der Waals surface area contributed by atoms with Gasteiger partial charge in [0.25, 0.3) is 5.91 Å². The zero-order valence-electron chi connectivity index (χ0n) is 17.1. The van der Waals surface area contributed by atoms with Crippen LogP contribution in [-0.4, -0.2) is 70.7 Å². The van der Waals surface area contributed by atoms with E-state index in [1.54, 1.807) is 25.9 Å². The van der Waals surface area contributed by atoms with Gasteiger partial charge in [-0.2, -0.15) is 5.10 Å². The topological polar surface area (TPSA) is 135 Å². The van der Waals surface area contributed by atoms with Gasteiger partial charge in [-0.25, -0.2) is 9.78 Å². The molecule has 2 aromatic rings. The first-order valence-electron chi connectivity index (χ1n) is 9.65. The van der Waals surface area contributed by atoms with E-state index in [0.29, 0.717) is 24.3 Å². The van der Waals surface area contributed by atoms with Crippen LogP contribution in [0.1, 0.15) is 52.1 Å². The summed E-state index contributed by atoms with van der Waals surface area (Å²) in [5.74, 6) is -0.888. The second kappa shape index (κ2) is 8.89. The average Bonchev–Trinajstić information content (AvgIpc) is 3.22. The lowest BCUT2D eigenvalue weighted by atomic mass is 9.92. The normalized spacial score (nSPS) is 16.2. The molecule has 160 valence electrons. The lowest BCUT2D eigenvalue weighted by Gasteiger charge is -2.33. The zero-order valence-corrected chi connectivity index (χ0v) is 17.1. The molecule has 1 atom stereocenters. The quantitative estimate of drug-likeness (QED) is 0.429. The molecule has 0 spiro atoms. The molecule has 0 saturated carbocycles. The number of aromatic nitrogens is 3. The molecule has 0 aromatic carbocycles. The van der Waals surface area contributed by atoms with Crippen LogP contribution >= 0.6 is 0 Å². The smallest absolute Gasteiger partial charge is 0.345 e. The summed E-state index contributed by atoms with van der Waals surface area (Å²) in [5.41, 5.74) is 0.682. The number of carbonyl (C=O) groups excluding carboxylic acids is 2. The highest BCUT2D eigenvalue weighted by Crippen LogP contribution is 2.35. The Morgan fingerprint density at radius 2 is 2.17 bits per heavy atom. The van der Waals surface area contributed by atoms with Gasteiger partial charge in [0.2, 0.25) is 5.82 Å². The number of ether oxygens (including phenoxy) is 1. The molecular weight excluding hydrogens is 392 g/mol. The number of rotatable bonds is 6. The molecule has 1 N–H and O–H groups in total. The second-order valence-electron chi connectivity index (χ2n) is 7.19.